The maximum Gasteiger partial charge on any atom is 0.189 e. The Kier molecular flexibility index (Phi) is 5.68. The average Bonchev–Trinajstić information content (AvgIpc) is 2.96. The van der Waals surface area contributed by atoms with Crippen molar-refractivity contribution < 1.29 is 0 Å². The summed E-state index contributed by atoms with van der Waals surface area (Å²) < 4.78 is 0. The van der Waals surface area contributed by atoms with Gasteiger partial charge in [-0.3, -0.25) is 0 Å². The van der Waals surface area contributed by atoms with E-state index in [4.69, 9.17) is 23.8 Å². The third kappa shape index (κ3) is 4.57. The molecular weight excluding hydrogens is 370 g/mol. The lowest BCUT2D eigenvalue weighted by Gasteiger charge is -2.16. The molecule has 0 saturated heterocycles. The predicted molar refractivity (Wildman–Crippen MR) is 112 cm³/mol. The molecule has 0 saturated carbocycles. The fourth-order valence-corrected chi connectivity index (χ4v) is 3.78. The second-order valence-electron chi connectivity index (χ2n) is 5.66. The van der Waals surface area contributed by atoms with Crippen LogP contribution in [0.3, 0.4) is 0 Å². The van der Waals surface area contributed by atoms with Crippen LogP contribution in [0.15, 0.2) is 54.6 Å². The van der Waals surface area contributed by atoms with Gasteiger partial charge in [-0.2, -0.15) is 0 Å². The summed E-state index contributed by atoms with van der Waals surface area (Å²) in [5, 5.41) is 8.54. The quantitative estimate of drug-likeness (QED) is 0.553. The molecule has 1 heterocycles. The van der Waals surface area contributed by atoms with Crippen molar-refractivity contribution >= 4 is 45.4 Å². The van der Waals surface area contributed by atoms with Gasteiger partial charge in [-0.05, 0) is 43.8 Å². The van der Waals surface area contributed by atoms with E-state index in [-0.39, 0.29) is 6.04 Å². The second-order valence-corrected chi connectivity index (χ2v) is 7.71. The van der Waals surface area contributed by atoms with Gasteiger partial charge in [-0.15, -0.1) is 11.3 Å². The van der Waals surface area contributed by atoms with Gasteiger partial charge in [0.05, 0.1) is 11.7 Å². The van der Waals surface area contributed by atoms with E-state index in [2.05, 4.69) is 41.6 Å². The van der Waals surface area contributed by atoms with Crippen molar-refractivity contribution in [3.63, 3.8) is 0 Å². The summed E-state index contributed by atoms with van der Waals surface area (Å²) in [6.45, 7) is 4.13. The molecule has 0 spiro atoms. The van der Waals surface area contributed by atoms with Crippen LogP contribution in [0.4, 0.5) is 5.13 Å². The van der Waals surface area contributed by atoms with Crippen molar-refractivity contribution in [2.24, 2.45) is 0 Å². The molecule has 2 N–H and O–H groups in total. The summed E-state index contributed by atoms with van der Waals surface area (Å²) >= 11 is 13.0. The Morgan fingerprint density at radius 1 is 1.12 bits per heavy atom. The number of aryl methyl sites for hydroxylation is 1. The summed E-state index contributed by atoms with van der Waals surface area (Å²) in [5.41, 5.74) is 3.18. The maximum absolute atomic E-state index is 5.96. The summed E-state index contributed by atoms with van der Waals surface area (Å²) in [4.78, 5) is 5.79. The van der Waals surface area contributed by atoms with Crippen molar-refractivity contribution in [2.75, 3.05) is 5.32 Å². The Bertz CT molecular complexity index is 860. The number of thiocarbonyl (C=S) groups is 1. The Morgan fingerprint density at radius 3 is 2.48 bits per heavy atom. The zero-order valence-corrected chi connectivity index (χ0v) is 16.3. The van der Waals surface area contributed by atoms with Gasteiger partial charge in [0.1, 0.15) is 0 Å². The Morgan fingerprint density at radius 2 is 1.80 bits per heavy atom. The first kappa shape index (κ1) is 17.9. The van der Waals surface area contributed by atoms with Gasteiger partial charge in [0.2, 0.25) is 0 Å². The second kappa shape index (κ2) is 7.95. The minimum atomic E-state index is 0.123. The topological polar surface area (TPSA) is 37.0 Å². The largest absolute Gasteiger partial charge is 0.356 e. The predicted octanol–water partition coefficient (Wildman–Crippen LogP) is 5.82. The molecule has 0 amide bonds. The molecule has 0 bridgehead atoms. The smallest absolute Gasteiger partial charge is 0.189 e. The summed E-state index contributed by atoms with van der Waals surface area (Å²) in [6.07, 6.45) is 0. The molecule has 0 unspecified atom stereocenters. The number of hydrogen-bond donors (Lipinski definition) is 2. The molecule has 25 heavy (non-hydrogen) atoms. The van der Waals surface area contributed by atoms with E-state index in [0.29, 0.717) is 5.11 Å². The summed E-state index contributed by atoms with van der Waals surface area (Å²) in [6, 6.07) is 18.0. The molecule has 0 radical (unpaired) electrons. The molecule has 6 heteroatoms. The zero-order valence-electron chi connectivity index (χ0n) is 13.9. The van der Waals surface area contributed by atoms with Gasteiger partial charge in [0.15, 0.2) is 10.2 Å². The number of anilines is 1. The lowest BCUT2D eigenvalue weighted by Crippen LogP contribution is -2.30. The van der Waals surface area contributed by atoms with E-state index in [1.807, 2.05) is 42.5 Å². The van der Waals surface area contributed by atoms with Gasteiger partial charge in [0, 0.05) is 15.5 Å². The zero-order chi connectivity index (χ0) is 17.8. The molecule has 2 aromatic carbocycles. The fourth-order valence-electron chi connectivity index (χ4n) is 2.48. The molecular formula is C19H18ClN3S2. The summed E-state index contributed by atoms with van der Waals surface area (Å²) in [5.74, 6) is 0. The van der Waals surface area contributed by atoms with Crippen LogP contribution < -0.4 is 10.6 Å². The number of hydrogen-bond acceptors (Lipinski definition) is 3. The lowest BCUT2D eigenvalue weighted by molar-refractivity contribution is 0.722. The van der Waals surface area contributed by atoms with Crippen LogP contribution in [0.2, 0.25) is 5.02 Å². The van der Waals surface area contributed by atoms with E-state index in [1.165, 1.54) is 5.56 Å². The van der Waals surface area contributed by atoms with E-state index in [1.54, 1.807) is 11.3 Å². The van der Waals surface area contributed by atoms with Crippen LogP contribution in [-0.2, 0) is 0 Å². The number of benzene rings is 2. The van der Waals surface area contributed by atoms with Crippen molar-refractivity contribution in [3.8, 4) is 11.3 Å². The van der Waals surface area contributed by atoms with E-state index in [9.17, 15) is 0 Å². The minimum Gasteiger partial charge on any atom is -0.356 e. The molecule has 3 aromatic rings. The molecule has 3 rings (SSSR count). The fraction of sp³-hybridized carbons (Fsp3) is 0.158. The highest BCUT2D eigenvalue weighted by atomic mass is 35.5. The highest BCUT2D eigenvalue weighted by Crippen LogP contribution is 2.31. The van der Waals surface area contributed by atoms with Crippen molar-refractivity contribution in [3.05, 3.63) is 70.1 Å². The highest BCUT2D eigenvalue weighted by Gasteiger charge is 2.12. The number of nitrogens with one attached hydrogen (secondary N) is 2. The number of rotatable bonds is 4. The van der Waals surface area contributed by atoms with Gasteiger partial charge >= 0.3 is 0 Å². The molecule has 3 nitrogen and oxygen atoms in total. The van der Waals surface area contributed by atoms with Crippen molar-refractivity contribution in [2.45, 2.75) is 19.9 Å². The molecule has 1 atom stereocenters. The van der Waals surface area contributed by atoms with E-state index >= 15 is 0 Å². The number of nitrogens with zero attached hydrogens (tertiary/aromatic N) is 1. The van der Waals surface area contributed by atoms with E-state index < -0.39 is 0 Å². The number of thiazole rings is 1. The molecule has 128 valence electrons. The minimum absolute atomic E-state index is 0.123. The third-order valence-corrected chi connectivity index (χ3v) is 5.14. The van der Waals surface area contributed by atoms with Crippen LogP contribution in [0.25, 0.3) is 11.3 Å². The maximum atomic E-state index is 5.96. The number of halogens is 1. The first-order valence-electron chi connectivity index (χ1n) is 7.89. The van der Waals surface area contributed by atoms with Crippen LogP contribution >= 0.6 is 35.2 Å². The van der Waals surface area contributed by atoms with Crippen LogP contribution in [0.1, 0.15) is 23.4 Å². The molecule has 0 aliphatic heterocycles. The normalized spacial score (nSPS) is 11.8. The first-order valence-corrected chi connectivity index (χ1v) is 9.49. The van der Waals surface area contributed by atoms with E-state index in [0.717, 1.165) is 26.3 Å². The van der Waals surface area contributed by atoms with Crippen molar-refractivity contribution in [1.82, 2.24) is 10.3 Å². The lowest BCUT2D eigenvalue weighted by atomic mass is 10.1. The molecule has 0 fully saturated rings. The SMILES string of the molecule is Cc1sc(NC(=S)N[C@H](C)c2ccccc2)nc1-c1ccc(Cl)cc1. The Labute approximate surface area is 162 Å². The first-order chi connectivity index (χ1) is 12.0. The average molecular weight is 388 g/mol. The van der Waals surface area contributed by atoms with Crippen LogP contribution in [-0.4, -0.2) is 10.1 Å². The third-order valence-electron chi connectivity index (χ3n) is 3.78. The molecule has 0 aliphatic rings. The highest BCUT2D eigenvalue weighted by molar-refractivity contribution is 7.80. The molecule has 1 aromatic heterocycles. The molecule has 0 aliphatic carbocycles. The standard InChI is InChI=1S/C19H18ClN3S2/c1-12(14-6-4-3-5-7-14)21-18(24)23-19-22-17(13(2)25-19)15-8-10-16(20)11-9-15/h3-12H,1-2H3,(H2,21,22,23,24)/t12-/m1/s1. The Hall–Kier alpha value is -1.95. The van der Waals surface area contributed by atoms with Gasteiger partial charge in [0.25, 0.3) is 0 Å². The summed E-state index contributed by atoms with van der Waals surface area (Å²) in [7, 11) is 0. The number of aromatic nitrogens is 1. The monoisotopic (exact) mass is 387 g/mol. The van der Waals surface area contributed by atoms with Gasteiger partial charge in [-0.1, -0.05) is 54.1 Å². The van der Waals surface area contributed by atoms with Gasteiger partial charge in [-0.25, -0.2) is 4.98 Å². The van der Waals surface area contributed by atoms with Gasteiger partial charge < -0.3 is 10.6 Å². The van der Waals surface area contributed by atoms with Crippen LogP contribution in [0.5, 0.6) is 0 Å². The van der Waals surface area contributed by atoms with Crippen molar-refractivity contribution in [1.29, 1.82) is 0 Å². The van der Waals surface area contributed by atoms with Crippen LogP contribution in [0, 0.1) is 6.92 Å². The Balaban J connectivity index is 1.68.